The molecule has 0 aliphatic rings. The summed E-state index contributed by atoms with van der Waals surface area (Å²) in [5.41, 5.74) is 7.66. The number of rotatable bonds is 0. The fraction of sp³-hybridized carbons (Fsp3) is 0. The molecule has 5 nitrogen and oxygen atoms in total. The minimum absolute atomic E-state index is 0.179. The zero-order chi connectivity index (χ0) is 10.3. The van der Waals surface area contributed by atoms with Crippen LogP contribution in [0.4, 0.5) is 5.95 Å². The molecule has 3 aromatic rings. The van der Waals surface area contributed by atoms with E-state index < -0.39 is 0 Å². The van der Waals surface area contributed by atoms with Crippen LogP contribution in [0, 0.1) is 0 Å². The Balaban J connectivity index is 2.55. The van der Waals surface area contributed by atoms with Crippen molar-refractivity contribution in [2.75, 3.05) is 5.73 Å². The molecule has 3 rings (SSSR count). The van der Waals surface area contributed by atoms with E-state index in [2.05, 4.69) is 20.2 Å². The highest BCUT2D eigenvalue weighted by atomic mass is 15.2. The Morgan fingerprint density at radius 1 is 1.00 bits per heavy atom. The molecule has 0 unspecified atom stereocenters. The van der Waals surface area contributed by atoms with Gasteiger partial charge in [0.05, 0.1) is 11.0 Å². The SMILES string of the molecule is Nc1nnc2c(ccc3cccnc32)n1. The molecule has 0 fully saturated rings. The summed E-state index contributed by atoms with van der Waals surface area (Å²) in [6.07, 6.45) is 1.72. The number of benzene rings is 1. The Hall–Kier alpha value is -2.30. The van der Waals surface area contributed by atoms with E-state index >= 15 is 0 Å². The highest BCUT2D eigenvalue weighted by molar-refractivity contribution is 6.00. The second-order valence-corrected chi connectivity index (χ2v) is 3.18. The first kappa shape index (κ1) is 8.05. The Labute approximate surface area is 85.0 Å². The standard InChI is InChI=1S/C10H7N5/c11-10-13-7-4-3-6-2-1-5-12-8(6)9(7)14-15-10/h1-5H,(H2,11,13,15). The van der Waals surface area contributed by atoms with Crippen LogP contribution in [-0.4, -0.2) is 20.2 Å². The Morgan fingerprint density at radius 2 is 1.93 bits per heavy atom. The summed E-state index contributed by atoms with van der Waals surface area (Å²) in [5, 5.41) is 8.76. The van der Waals surface area contributed by atoms with Crippen molar-refractivity contribution in [3.8, 4) is 0 Å². The Kier molecular flexibility index (Phi) is 1.53. The van der Waals surface area contributed by atoms with Crippen molar-refractivity contribution in [3.05, 3.63) is 30.5 Å². The molecule has 0 saturated carbocycles. The summed E-state index contributed by atoms with van der Waals surface area (Å²) < 4.78 is 0. The molecular formula is C10H7N5. The summed E-state index contributed by atoms with van der Waals surface area (Å²) in [7, 11) is 0. The molecule has 5 heteroatoms. The van der Waals surface area contributed by atoms with Crippen LogP contribution < -0.4 is 5.73 Å². The largest absolute Gasteiger partial charge is 0.366 e. The third-order valence-corrected chi connectivity index (χ3v) is 2.21. The molecule has 2 N–H and O–H groups in total. The van der Waals surface area contributed by atoms with Crippen molar-refractivity contribution >= 4 is 27.9 Å². The molecule has 0 aliphatic heterocycles. The van der Waals surface area contributed by atoms with Gasteiger partial charge in [-0.1, -0.05) is 12.1 Å². The first-order valence-electron chi connectivity index (χ1n) is 4.48. The van der Waals surface area contributed by atoms with Crippen LogP contribution in [0.2, 0.25) is 0 Å². The molecule has 0 amide bonds. The minimum atomic E-state index is 0.179. The van der Waals surface area contributed by atoms with Crippen LogP contribution in [0.5, 0.6) is 0 Å². The topological polar surface area (TPSA) is 77.6 Å². The molecule has 15 heavy (non-hydrogen) atoms. The summed E-state index contributed by atoms with van der Waals surface area (Å²) in [6, 6.07) is 7.66. The lowest BCUT2D eigenvalue weighted by Gasteiger charge is -2.00. The van der Waals surface area contributed by atoms with Gasteiger partial charge in [0.2, 0.25) is 5.95 Å². The molecule has 0 atom stereocenters. The van der Waals surface area contributed by atoms with Crippen molar-refractivity contribution in [3.63, 3.8) is 0 Å². The molecule has 0 aliphatic carbocycles. The quantitative estimate of drug-likeness (QED) is 0.547. The highest BCUT2D eigenvalue weighted by Gasteiger charge is 2.04. The molecule has 72 valence electrons. The maximum absolute atomic E-state index is 5.46. The number of fused-ring (bicyclic) bond motifs is 3. The van der Waals surface area contributed by atoms with Gasteiger partial charge in [-0.15, -0.1) is 10.2 Å². The fourth-order valence-electron chi connectivity index (χ4n) is 1.55. The summed E-state index contributed by atoms with van der Waals surface area (Å²) in [6.45, 7) is 0. The van der Waals surface area contributed by atoms with Gasteiger partial charge in [0.15, 0.2) is 0 Å². The molecule has 0 radical (unpaired) electrons. The van der Waals surface area contributed by atoms with E-state index in [0.717, 1.165) is 10.9 Å². The smallest absolute Gasteiger partial charge is 0.240 e. The predicted molar refractivity (Wildman–Crippen MR) is 57.0 cm³/mol. The molecule has 2 aromatic heterocycles. The zero-order valence-electron chi connectivity index (χ0n) is 7.75. The lowest BCUT2D eigenvalue weighted by molar-refractivity contribution is 1.04. The van der Waals surface area contributed by atoms with Crippen molar-refractivity contribution in [2.45, 2.75) is 0 Å². The van der Waals surface area contributed by atoms with Crippen LogP contribution in [0.3, 0.4) is 0 Å². The number of nitrogens with zero attached hydrogens (tertiary/aromatic N) is 4. The number of nitrogen functional groups attached to an aromatic ring is 1. The number of hydrogen-bond donors (Lipinski definition) is 1. The Bertz CT molecular complexity index is 649. The van der Waals surface area contributed by atoms with Crippen LogP contribution in [-0.2, 0) is 0 Å². The average Bonchev–Trinajstić information content (AvgIpc) is 2.28. The first-order valence-corrected chi connectivity index (χ1v) is 4.48. The first-order chi connectivity index (χ1) is 7.34. The van der Waals surface area contributed by atoms with Gasteiger partial charge in [0, 0.05) is 11.6 Å². The van der Waals surface area contributed by atoms with Crippen molar-refractivity contribution in [1.29, 1.82) is 0 Å². The maximum atomic E-state index is 5.46. The van der Waals surface area contributed by atoms with Gasteiger partial charge < -0.3 is 5.73 Å². The maximum Gasteiger partial charge on any atom is 0.240 e. The monoisotopic (exact) mass is 197 g/mol. The number of anilines is 1. The van der Waals surface area contributed by atoms with Crippen LogP contribution in [0.25, 0.3) is 21.9 Å². The minimum Gasteiger partial charge on any atom is -0.366 e. The molecule has 0 spiro atoms. The van der Waals surface area contributed by atoms with Gasteiger partial charge in [-0.3, -0.25) is 4.98 Å². The fourth-order valence-corrected chi connectivity index (χ4v) is 1.55. The van der Waals surface area contributed by atoms with Gasteiger partial charge in [-0.25, -0.2) is 4.98 Å². The van der Waals surface area contributed by atoms with E-state index in [-0.39, 0.29) is 5.95 Å². The molecule has 0 saturated heterocycles. The van der Waals surface area contributed by atoms with E-state index in [9.17, 15) is 0 Å². The number of hydrogen-bond acceptors (Lipinski definition) is 5. The lowest BCUT2D eigenvalue weighted by atomic mass is 10.2. The molecule has 1 aromatic carbocycles. The van der Waals surface area contributed by atoms with E-state index in [0.29, 0.717) is 11.0 Å². The second kappa shape index (κ2) is 2.84. The molecule has 0 bridgehead atoms. The summed E-state index contributed by atoms with van der Waals surface area (Å²) >= 11 is 0. The van der Waals surface area contributed by atoms with E-state index in [1.54, 1.807) is 6.20 Å². The zero-order valence-corrected chi connectivity index (χ0v) is 7.75. The van der Waals surface area contributed by atoms with Crippen LogP contribution in [0.1, 0.15) is 0 Å². The third kappa shape index (κ3) is 1.17. The number of nitrogens with two attached hydrogens (primary N) is 1. The lowest BCUT2D eigenvalue weighted by Crippen LogP contribution is -1.98. The van der Waals surface area contributed by atoms with E-state index in [1.165, 1.54) is 0 Å². The van der Waals surface area contributed by atoms with Crippen LogP contribution in [0.15, 0.2) is 30.5 Å². The van der Waals surface area contributed by atoms with Gasteiger partial charge >= 0.3 is 0 Å². The van der Waals surface area contributed by atoms with Crippen molar-refractivity contribution < 1.29 is 0 Å². The number of pyridine rings is 1. The second-order valence-electron chi connectivity index (χ2n) is 3.18. The molecular weight excluding hydrogens is 190 g/mol. The van der Waals surface area contributed by atoms with E-state index in [1.807, 2.05) is 24.3 Å². The van der Waals surface area contributed by atoms with Crippen molar-refractivity contribution in [2.24, 2.45) is 0 Å². The van der Waals surface area contributed by atoms with Gasteiger partial charge in [0.1, 0.15) is 5.52 Å². The number of aromatic nitrogens is 4. The highest BCUT2D eigenvalue weighted by Crippen LogP contribution is 2.19. The summed E-state index contributed by atoms with van der Waals surface area (Å²) in [4.78, 5) is 8.35. The predicted octanol–water partition coefficient (Wildman–Crippen LogP) is 1.16. The van der Waals surface area contributed by atoms with Crippen LogP contribution >= 0.6 is 0 Å². The third-order valence-electron chi connectivity index (χ3n) is 2.21. The average molecular weight is 197 g/mol. The normalized spacial score (nSPS) is 10.9. The van der Waals surface area contributed by atoms with Gasteiger partial charge in [-0.05, 0) is 12.1 Å². The van der Waals surface area contributed by atoms with E-state index in [4.69, 9.17) is 5.73 Å². The molecule has 2 heterocycles. The van der Waals surface area contributed by atoms with Gasteiger partial charge in [0.25, 0.3) is 0 Å². The van der Waals surface area contributed by atoms with Crippen molar-refractivity contribution in [1.82, 2.24) is 20.2 Å². The summed E-state index contributed by atoms with van der Waals surface area (Å²) in [5.74, 6) is 0.179. The Morgan fingerprint density at radius 3 is 2.87 bits per heavy atom. The van der Waals surface area contributed by atoms with Gasteiger partial charge in [-0.2, -0.15) is 0 Å².